The molecule has 0 radical (unpaired) electrons. The minimum atomic E-state index is -0.591. The SMILES string of the molecule is Cc1ccc(C(=O)Nc2ccc(C(=O)N/N=C\c3ccccc3OC(=O)c3sc4cc(Br)ccc4c3Cl)cc2)cc1. The number of fused-ring (bicyclic) bond motifs is 1. The molecule has 0 spiro atoms. The number of halogens is 2. The predicted molar refractivity (Wildman–Crippen MR) is 167 cm³/mol. The molecular formula is C31H21BrClN3O4S. The van der Waals surface area contributed by atoms with E-state index in [0.29, 0.717) is 32.3 Å². The fraction of sp³-hybridized carbons (Fsp3) is 0.0323. The number of aryl methyl sites for hydroxylation is 1. The van der Waals surface area contributed by atoms with Crippen molar-refractivity contribution in [1.29, 1.82) is 0 Å². The smallest absolute Gasteiger partial charge is 0.355 e. The number of esters is 1. The van der Waals surface area contributed by atoms with Crippen molar-refractivity contribution < 1.29 is 19.1 Å². The Kier molecular flexibility index (Phi) is 8.58. The van der Waals surface area contributed by atoms with Gasteiger partial charge < -0.3 is 10.1 Å². The molecule has 5 aromatic rings. The van der Waals surface area contributed by atoms with Gasteiger partial charge in [0.1, 0.15) is 10.6 Å². The third kappa shape index (κ3) is 6.71. The largest absolute Gasteiger partial charge is 0.422 e. The van der Waals surface area contributed by atoms with Crippen molar-refractivity contribution >= 4 is 78.6 Å². The van der Waals surface area contributed by atoms with Crippen molar-refractivity contribution in [2.24, 2.45) is 5.10 Å². The van der Waals surface area contributed by atoms with E-state index in [0.717, 1.165) is 20.1 Å². The van der Waals surface area contributed by atoms with Crippen molar-refractivity contribution in [1.82, 2.24) is 5.43 Å². The first kappa shape index (κ1) is 28.2. The fourth-order valence-electron chi connectivity index (χ4n) is 3.83. The molecule has 0 bridgehead atoms. The fourth-order valence-corrected chi connectivity index (χ4v) is 5.77. The molecule has 0 saturated heterocycles. The van der Waals surface area contributed by atoms with Crippen molar-refractivity contribution in [3.8, 4) is 5.75 Å². The van der Waals surface area contributed by atoms with Crippen molar-refractivity contribution in [3.63, 3.8) is 0 Å². The lowest BCUT2D eigenvalue weighted by Crippen LogP contribution is -2.18. The normalized spacial score (nSPS) is 11.0. The standard InChI is InChI=1S/C31H21BrClN3O4S/c1-18-6-8-19(9-7-18)29(37)35-23-13-10-20(11-14-23)30(38)36-34-17-21-4-2-3-5-25(21)40-31(39)28-27(33)24-15-12-22(32)16-26(24)41-28/h2-17H,1H3,(H,35,37)(H,36,38)/b34-17-. The Morgan fingerprint density at radius 2 is 1.59 bits per heavy atom. The third-order valence-corrected chi connectivity index (χ3v) is 8.12. The Labute approximate surface area is 252 Å². The molecule has 1 heterocycles. The summed E-state index contributed by atoms with van der Waals surface area (Å²) in [5.41, 5.74) is 5.45. The summed E-state index contributed by atoms with van der Waals surface area (Å²) in [7, 11) is 0. The number of hydrazone groups is 1. The molecule has 0 fully saturated rings. The van der Waals surface area contributed by atoms with Gasteiger partial charge in [0.2, 0.25) is 0 Å². The highest BCUT2D eigenvalue weighted by Crippen LogP contribution is 2.37. The Balaban J connectivity index is 1.21. The molecule has 2 amide bonds. The lowest BCUT2D eigenvalue weighted by molar-refractivity contribution is 0.0739. The highest BCUT2D eigenvalue weighted by Gasteiger charge is 2.20. The molecule has 1 aromatic heterocycles. The van der Waals surface area contributed by atoms with Gasteiger partial charge in [0.25, 0.3) is 11.8 Å². The topological polar surface area (TPSA) is 96.9 Å². The molecule has 5 rings (SSSR count). The van der Waals surface area contributed by atoms with Crippen LogP contribution in [0.3, 0.4) is 0 Å². The number of nitrogens with one attached hydrogen (secondary N) is 2. The number of thiophene rings is 1. The van der Waals surface area contributed by atoms with Crippen LogP contribution in [-0.4, -0.2) is 24.0 Å². The van der Waals surface area contributed by atoms with Crippen LogP contribution < -0.4 is 15.5 Å². The van der Waals surface area contributed by atoms with Crippen LogP contribution in [0.2, 0.25) is 5.02 Å². The molecule has 0 aliphatic carbocycles. The van der Waals surface area contributed by atoms with E-state index < -0.39 is 11.9 Å². The summed E-state index contributed by atoms with van der Waals surface area (Å²) in [5, 5.41) is 7.93. The van der Waals surface area contributed by atoms with Crippen LogP contribution in [0.4, 0.5) is 5.69 Å². The molecule has 0 aliphatic heterocycles. The van der Waals surface area contributed by atoms with Crippen molar-refractivity contribution in [2.75, 3.05) is 5.32 Å². The van der Waals surface area contributed by atoms with Crippen LogP contribution in [0.1, 0.15) is 41.5 Å². The molecule has 2 N–H and O–H groups in total. The monoisotopic (exact) mass is 645 g/mol. The second-order valence-electron chi connectivity index (χ2n) is 8.91. The first-order valence-electron chi connectivity index (χ1n) is 12.3. The second-order valence-corrected chi connectivity index (χ2v) is 11.3. The molecule has 7 nitrogen and oxygen atoms in total. The molecule has 204 valence electrons. The summed E-state index contributed by atoms with van der Waals surface area (Å²) in [4.78, 5) is 38.3. The first-order valence-corrected chi connectivity index (χ1v) is 14.3. The second kappa shape index (κ2) is 12.5. The zero-order valence-corrected chi connectivity index (χ0v) is 24.6. The highest BCUT2D eigenvalue weighted by molar-refractivity contribution is 9.10. The molecule has 41 heavy (non-hydrogen) atoms. The maximum absolute atomic E-state index is 12.9. The van der Waals surface area contributed by atoms with Crippen LogP contribution in [0.25, 0.3) is 10.1 Å². The maximum atomic E-state index is 12.9. The van der Waals surface area contributed by atoms with E-state index in [1.165, 1.54) is 17.6 Å². The number of carbonyl (C=O) groups is 3. The van der Waals surface area contributed by atoms with Crippen LogP contribution in [0.5, 0.6) is 5.75 Å². The highest BCUT2D eigenvalue weighted by atomic mass is 79.9. The van der Waals surface area contributed by atoms with Gasteiger partial charge in [0.15, 0.2) is 0 Å². The quantitative estimate of drug-likeness (QED) is 0.0814. The Bertz CT molecular complexity index is 1800. The number of hydrogen-bond donors (Lipinski definition) is 2. The number of ether oxygens (including phenoxy) is 1. The van der Waals surface area contributed by atoms with Gasteiger partial charge in [0.05, 0.1) is 11.2 Å². The number of carbonyl (C=O) groups excluding carboxylic acids is 3. The molecule has 0 unspecified atom stereocenters. The number of amides is 2. The molecule has 0 saturated carbocycles. The van der Waals surface area contributed by atoms with E-state index in [-0.39, 0.29) is 11.7 Å². The van der Waals surface area contributed by atoms with E-state index in [9.17, 15) is 14.4 Å². The molecule has 0 aliphatic rings. The van der Waals surface area contributed by atoms with Gasteiger partial charge in [-0.25, -0.2) is 10.2 Å². The zero-order valence-electron chi connectivity index (χ0n) is 21.5. The third-order valence-electron chi connectivity index (χ3n) is 5.99. The lowest BCUT2D eigenvalue weighted by atomic mass is 10.1. The van der Waals surface area contributed by atoms with E-state index in [1.54, 1.807) is 60.7 Å². The molecular weight excluding hydrogens is 626 g/mol. The van der Waals surface area contributed by atoms with Gasteiger partial charge in [-0.05, 0) is 67.6 Å². The van der Waals surface area contributed by atoms with E-state index in [4.69, 9.17) is 16.3 Å². The zero-order chi connectivity index (χ0) is 28.9. The predicted octanol–water partition coefficient (Wildman–Crippen LogP) is 7.86. The summed E-state index contributed by atoms with van der Waals surface area (Å²) in [5.74, 6) is -1.02. The average Bonchev–Trinajstić information content (AvgIpc) is 3.29. The van der Waals surface area contributed by atoms with Crippen LogP contribution >= 0.6 is 38.9 Å². The minimum absolute atomic E-state index is 0.242. The van der Waals surface area contributed by atoms with Crippen molar-refractivity contribution in [3.05, 3.63) is 128 Å². The van der Waals surface area contributed by atoms with Gasteiger partial charge in [-0.1, -0.05) is 63.4 Å². The number of para-hydroxylation sites is 1. The maximum Gasteiger partial charge on any atom is 0.355 e. The summed E-state index contributed by atoms with van der Waals surface area (Å²) >= 11 is 11.1. The number of anilines is 1. The van der Waals surface area contributed by atoms with E-state index in [1.807, 2.05) is 37.3 Å². The van der Waals surface area contributed by atoms with Crippen LogP contribution in [0.15, 0.2) is 101 Å². The minimum Gasteiger partial charge on any atom is -0.422 e. The molecule has 0 atom stereocenters. The summed E-state index contributed by atoms with van der Waals surface area (Å²) in [6, 6.07) is 26.1. The van der Waals surface area contributed by atoms with Gasteiger partial charge in [-0.3, -0.25) is 9.59 Å². The van der Waals surface area contributed by atoms with Gasteiger partial charge in [0, 0.05) is 36.9 Å². The van der Waals surface area contributed by atoms with Crippen molar-refractivity contribution in [2.45, 2.75) is 6.92 Å². The number of rotatable bonds is 7. The Morgan fingerprint density at radius 3 is 2.34 bits per heavy atom. The Hall–Kier alpha value is -4.31. The summed E-state index contributed by atoms with van der Waals surface area (Å²) < 4.78 is 7.37. The van der Waals surface area contributed by atoms with Gasteiger partial charge in [-0.15, -0.1) is 11.3 Å². The van der Waals surface area contributed by atoms with Gasteiger partial charge >= 0.3 is 5.97 Å². The number of hydrogen-bond acceptors (Lipinski definition) is 6. The van der Waals surface area contributed by atoms with E-state index >= 15 is 0 Å². The molecule has 4 aromatic carbocycles. The van der Waals surface area contributed by atoms with E-state index in [2.05, 4.69) is 31.8 Å². The summed E-state index contributed by atoms with van der Waals surface area (Å²) in [6.45, 7) is 1.95. The average molecular weight is 647 g/mol. The van der Waals surface area contributed by atoms with Gasteiger partial charge in [-0.2, -0.15) is 5.10 Å². The summed E-state index contributed by atoms with van der Waals surface area (Å²) in [6.07, 6.45) is 1.39. The Morgan fingerprint density at radius 1 is 0.902 bits per heavy atom. The van der Waals surface area contributed by atoms with Crippen LogP contribution in [0, 0.1) is 6.92 Å². The van der Waals surface area contributed by atoms with Crippen LogP contribution in [-0.2, 0) is 0 Å². The number of nitrogens with zero attached hydrogens (tertiary/aromatic N) is 1. The first-order chi connectivity index (χ1) is 19.8. The number of benzene rings is 4. The molecule has 10 heteroatoms. The lowest BCUT2D eigenvalue weighted by Gasteiger charge is -2.07.